The summed E-state index contributed by atoms with van der Waals surface area (Å²) in [4.78, 5) is 59.9. The number of rotatable bonds is 6. The van der Waals surface area contributed by atoms with Gasteiger partial charge < -0.3 is 29.7 Å². The maximum Gasteiger partial charge on any atom is 3.00 e. The van der Waals surface area contributed by atoms with E-state index in [4.69, 9.17) is 0 Å². The molecule has 0 spiro atoms. The Hall–Kier alpha value is -1.39. The Bertz CT molecular complexity index is 386. The third kappa shape index (κ3) is 18.8. The van der Waals surface area contributed by atoms with Crippen molar-refractivity contribution < 1.29 is 79.7 Å². The summed E-state index contributed by atoms with van der Waals surface area (Å²) in [7, 11) is 0. The van der Waals surface area contributed by atoms with Gasteiger partial charge in [0, 0.05) is 0 Å². The van der Waals surface area contributed by atoms with Crippen LogP contribution in [-0.4, -0.2) is 35.3 Å². The first-order chi connectivity index (χ1) is 10.7. The Kier molecular flexibility index (Phi) is 20.2. The van der Waals surface area contributed by atoms with E-state index in [2.05, 4.69) is 0 Å². The molecule has 0 fully saturated rings. The molecule has 0 radical (unpaired) electrons. The summed E-state index contributed by atoms with van der Waals surface area (Å²) in [6.07, 6.45) is 0. The average molecular weight is 484 g/mol. The monoisotopic (exact) mass is 484 g/mol. The summed E-state index contributed by atoms with van der Waals surface area (Å²) < 4.78 is 0. The molecule has 0 aromatic rings. The van der Waals surface area contributed by atoms with Crippen molar-refractivity contribution in [2.24, 2.45) is 17.8 Å². The van der Waals surface area contributed by atoms with Crippen molar-refractivity contribution in [2.75, 3.05) is 0 Å². The molecule has 9 nitrogen and oxygen atoms in total. The van der Waals surface area contributed by atoms with Crippen LogP contribution in [0.2, 0.25) is 0 Å². The van der Waals surface area contributed by atoms with Gasteiger partial charge in [-0.25, -0.2) is 0 Å². The minimum absolute atomic E-state index is 0. The smallest absolute Gasteiger partial charge is 0.549 e. The van der Waals surface area contributed by atoms with Crippen molar-refractivity contribution >= 4 is 35.3 Å². The molecule has 0 saturated carbocycles. The second-order valence-electron chi connectivity index (χ2n) is 4.95. The van der Waals surface area contributed by atoms with Gasteiger partial charge in [-0.15, -0.1) is 0 Å². The second-order valence-corrected chi connectivity index (χ2v) is 4.95. The first-order valence-corrected chi connectivity index (χ1v) is 6.80. The van der Waals surface area contributed by atoms with Crippen molar-refractivity contribution in [3.05, 3.63) is 0 Å². The molecule has 138 valence electrons. The van der Waals surface area contributed by atoms with Crippen molar-refractivity contribution in [2.45, 2.75) is 41.5 Å². The van der Waals surface area contributed by atoms with Gasteiger partial charge in [-0.3, -0.25) is 14.4 Å². The van der Waals surface area contributed by atoms with Crippen LogP contribution in [0.3, 0.4) is 0 Å². The standard InChI is InChI=1S/3C5H8O3.La/c3*1-3(4(2)6)5(7)8;/h3*3H,1-2H3,(H,7,8);/q;;;+3/p-3. The third-order valence-corrected chi connectivity index (χ3v) is 2.89. The maximum absolute atomic E-state index is 10.2. The van der Waals surface area contributed by atoms with E-state index >= 15 is 0 Å². The van der Waals surface area contributed by atoms with E-state index in [0.29, 0.717) is 0 Å². The molecule has 0 aliphatic rings. The SMILES string of the molecule is CC(=O)C(C)C(=O)[O-].CC(=O)C(C)C(=O)[O-].CC(=O)C(C)C(=O)[O-].[La+3]. The quantitative estimate of drug-likeness (QED) is 0.354. The number of carboxylic acid groups (broad SMARTS) is 3. The van der Waals surface area contributed by atoms with Crippen LogP contribution >= 0.6 is 0 Å². The van der Waals surface area contributed by atoms with Gasteiger partial charge in [-0.05, 0) is 20.8 Å². The number of hydrogen-bond acceptors (Lipinski definition) is 9. The molecule has 3 unspecified atom stereocenters. The normalized spacial score (nSPS) is 12.2. The Balaban J connectivity index is -0.000000130. The first-order valence-electron chi connectivity index (χ1n) is 6.80. The fraction of sp³-hybridized carbons (Fsp3) is 0.600. The van der Waals surface area contributed by atoms with Crippen molar-refractivity contribution in [1.82, 2.24) is 0 Å². The number of carbonyl (C=O) groups excluding carboxylic acids is 6. The topological polar surface area (TPSA) is 172 Å². The van der Waals surface area contributed by atoms with Crippen LogP contribution in [-0.2, 0) is 28.8 Å². The summed E-state index contributed by atoms with van der Waals surface area (Å²) in [5.74, 6) is -7.92. The van der Waals surface area contributed by atoms with Crippen LogP contribution in [0.15, 0.2) is 0 Å². The summed E-state index contributed by atoms with van der Waals surface area (Å²) >= 11 is 0. The zero-order chi connectivity index (χ0) is 20.2. The van der Waals surface area contributed by atoms with Crippen LogP contribution < -0.4 is 15.3 Å². The minimum atomic E-state index is -1.31. The van der Waals surface area contributed by atoms with E-state index in [9.17, 15) is 44.1 Å². The first kappa shape index (κ1) is 31.4. The number of carboxylic acids is 3. The van der Waals surface area contributed by atoms with Crippen LogP contribution in [0.5, 0.6) is 0 Å². The Labute approximate surface area is 173 Å². The van der Waals surface area contributed by atoms with Gasteiger partial charge in [0.25, 0.3) is 0 Å². The number of aliphatic carboxylic acids is 3. The van der Waals surface area contributed by atoms with E-state index in [-0.39, 0.29) is 52.9 Å². The van der Waals surface area contributed by atoms with E-state index in [1.807, 2.05) is 0 Å². The number of carbonyl (C=O) groups is 6. The Morgan fingerprint density at radius 2 is 0.640 bits per heavy atom. The van der Waals surface area contributed by atoms with Gasteiger partial charge in [-0.1, -0.05) is 20.8 Å². The molecule has 0 heterocycles. The number of ketones is 3. The summed E-state index contributed by atoms with van der Waals surface area (Å²) in [6, 6.07) is 0. The molecule has 0 aliphatic heterocycles. The van der Waals surface area contributed by atoms with Crippen molar-refractivity contribution in [3.8, 4) is 0 Å². The minimum Gasteiger partial charge on any atom is -0.549 e. The van der Waals surface area contributed by atoms with E-state index in [1.54, 1.807) is 0 Å². The number of hydrogen-bond donors (Lipinski definition) is 0. The molecular formula is C15H21LaO9. The predicted molar refractivity (Wildman–Crippen MR) is 74.6 cm³/mol. The Morgan fingerprint density at radius 3 is 0.640 bits per heavy atom. The summed E-state index contributed by atoms with van der Waals surface area (Å²) in [5.41, 5.74) is 0. The van der Waals surface area contributed by atoms with Crippen molar-refractivity contribution in [3.63, 3.8) is 0 Å². The maximum atomic E-state index is 10.2. The predicted octanol–water partition coefficient (Wildman–Crippen LogP) is -3.12. The van der Waals surface area contributed by atoms with Gasteiger partial charge in [0.05, 0.1) is 35.7 Å². The molecule has 0 aromatic carbocycles. The Morgan fingerprint density at radius 1 is 0.520 bits per heavy atom. The molecule has 0 amide bonds. The van der Waals surface area contributed by atoms with Gasteiger partial charge in [-0.2, -0.15) is 0 Å². The average Bonchev–Trinajstić information content (AvgIpc) is 2.45. The fourth-order valence-corrected chi connectivity index (χ4v) is 0.498. The summed E-state index contributed by atoms with van der Waals surface area (Å²) in [6.45, 7) is 7.58. The van der Waals surface area contributed by atoms with Crippen LogP contribution in [0.25, 0.3) is 0 Å². The second kappa shape index (κ2) is 16.1. The van der Waals surface area contributed by atoms with Gasteiger partial charge in [0.1, 0.15) is 17.3 Å². The van der Waals surface area contributed by atoms with Crippen LogP contribution in [0.4, 0.5) is 0 Å². The van der Waals surface area contributed by atoms with Gasteiger partial charge >= 0.3 is 35.6 Å². The molecule has 25 heavy (non-hydrogen) atoms. The molecule has 0 aliphatic carbocycles. The van der Waals surface area contributed by atoms with E-state index in [0.717, 1.165) is 0 Å². The molecule has 10 heteroatoms. The zero-order valence-corrected chi connectivity index (χ0v) is 18.6. The summed E-state index contributed by atoms with van der Waals surface area (Å²) in [5, 5.41) is 29.4. The third-order valence-electron chi connectivity index (χ3n) is 2.89. The van der Waals surface area contributed by atoms with Crippen LogP contribution in [0.1, 0.15) is 41.5 Å². The molecule has 0 aromatic heterocycles. The molecular weight excluding hydrogens is 463 g/mol. The van der Waals surface area contributed by atoms with E-state index in [1.165, 1.54) is 41.5 Å². The molecule has 0 saturated heterocycles. The van der Waals surface area contributed by atoms with E-state index < -0.39 is 35.7 Å². The molecule has 0 N–H and O–H groups in total. The molecule has 0 rings (SSSR count). The van der Waals surface area contributed by atoms with Gasteiger partial charge in [0.2, 0.25) is 0 Å². The zero-order valence-electron chi connectivity index (χ0n) is 15.0. The number of Topliss-reactive ketones (excluding diaryl/α,β-unsaturated/α-hetero) is 3. The molecule has 3 atom stereocenters. The molecule has 0 bridgehead atoms. The largest absolute Gasteiger partial charge is 3.00 e. The fourth-order valence-electron chi connectivity index (χ4n) is 0.498. The van der Waals surface area contributed by atoms with Gasteiger partial charge in [0.15, 0.2) is 0 Å². The van der Waals surface area contributed by atoms with Crippen molar-refractivity contribution in [1.29, 1.82) is 0 Å². The van der Waals surface area contributed by atoms with Crippen LogP contribution in [0, 0.1) is 53.4 Å².